The number of esters is 1. The van der Waals surface area contributed by atoms with Gasteiger partial charge < -0.3 is 4.74 Å². The van der Waals surface area contributed by atoms with Gasteiger partial charge in [0.15, 0.2) is 0 Å². The number of nitriles is 1. The largest absolute Gasteiger partial charge is 0.465 e. The normalized spacial score (nSPS) is 10.6. The number of thiophene rings is 1. The van der Waals surface area contributed by atoms with Crippen molar-refractivity contribution in [3.05, 3.63) is 28.0 Å². The van der Waals surface area contributed by atoms with Gasteiger partial charge in [-0.25, -0.2) is 4.79 Å². The van der Waals surface area contributed by atoms with Crippen LogP contribution in [0, 0.1) is 11.3 Å². The molecule has 0 saturated carbocycles. The zero-order valence-electron chi connectivity index (χ0n) is 6.98. The molecule has 0 N–H and O–H groups in total. The lowest BCUT2D eigenvalue weighted by molar-refractivity contribution is -0.135. The van der Waals surface area contributed by atoms with Crippen LogP contribution in [0.4, 0.5) is 0 Å². The highest BCUT2D eigenvalue weighted by Crippen LogP contribution is 2.11. The van der Waals surface area contributed by atoms with Gasteiger partial charge in [-0.15, -0.1) is 0 Å². The Hall–Kier alpha value is -1.60. The minimum absolute atomic E-state index is 0.0147. The fourth-order valence-electron chi connectivity index (χ4n) is 0.771. The van der Waals surface area contributed by atoms with Crippen molar-refractivity contribution in [3.63, 3.8) is 0 Å². The Labute approximate surface area is 79.9 Å². The van der Waals surface area contributed by atoms with E-state index >= 15 is 0 Å². The third-order valence-corrected chi connectivity index (χ3v) is 2.08. The van der Waals surface area contributed by atoms with E-state index < -0.39 is 5.97 Å². The first kappa shape index (κ1) is 9.49. The lowest BCUT2D eigenvalue weighted by Gasteiger charge is -1.93. The molecule has 0 fully saturated rings. The van der Waals surface area contributed by atoms with Gasteiger partial charge in [-0.1, -0.05) is 0 Å². The van der Waals surface area contributed by atoms with Crippen LogP contribution < -0.4 is 0 Å². The summed E-state index contributed by atoms with van der Waals surface area (Å²) in [6, 6.07) is 3.61. The first-order chi connectivity index (χ1) is 6.27. The number of nitrogens with zero attached hydrogens (tertiary/aromatic N) is 1. The number of methoxy groups -OCH3 is 1. The summed E-state index contributed by atoms with van der Waals surface area (Å²) in [5, 5.41) is 12.3. The van der Waals surface area contributed by atoms with Crippen LogP contribution in [0.15, 0.2) is 22.4 Å². The molecule has 0 aliphatic carbocycles. The molecule has 1 heterocycles. The van der Waals surface area contributed by atoms with Crippen molar-refractivity contribution < 1.29 is 9.53 Å². The summed E-state index contributed by atoms with van der Waals surface area (Å²) in [5.74, 6) is -0.603. The summed E-state index contributed by atoms with van der Waals surface area (Å²) in [7, 11) is 1.25. The van der Waals surface area contributed by atoms with Crippen LogP contribution >= 0.6 is 11.3 Å². The Bertz CT molecular complexity index is 359. The molecule has 0 amide bonds. The van der Waals surface area contributed by atoms with Crippen LogP contribution in [-0.2, 0) is 9.53 Å². The van der Waals surface area contributed by atoms with E-state index in [1.165, 1.54) is 24.5 Å². The van der Waals surface area contributed by atoms with Gasteiger partial charge in [-0.05, 0) is 28.5 Å². The molecule has 1 rings (SSSR count). The van der Waals surface area contributed by atoms with Crippen molar-refractivity contribution >= 4 is 23.4 Å². The Kier molecular flexibility index (Phi) is 3.23. The van der Waals surface area contributed by atoms with Gasteiger partial charge in [-0.3, -0.25) is 0 Å². The number of carbonyl (C=O) groups excluding carboxylic acids is 1. The van der Waals surface area contributed by atoms with E-state index in [2.05, 4.69) is 4.74 Å². The van der Waals surface area contributed by atoms with Crippen LogP contribution in [0.1, 0.15) is 5.56 Å². The molecular formula is C9H7NO2S. The van der Waals surface area contributed by atoms with E-state index in [9.17, 15) is 4.79 Å². The quantitative estimate of drug-likeness (QED) is 0.409. The SMILES string of the molecule is COC(=O)/C(C#N)=C/c1ccsc1. The summed E-state index contributed by atoms with van der Waals surface area (Å²) in [6.07, 6.45) is 1.50. The average Bonchev–Trinajstić information content (AvgIpc) is 2.65. The van der Waals surface area contributed by atoms with Crippen LogP contribution in [0.25, 0.3) is 6.08 Å². The lowest BCUT2D eigenvalue weighted by atomic mass is 10.2. The Balaban J connectivity index is 2.91. The number of carbonyl (C=O) groups is 1. The molecule has 1 aromatic heterocycles. The highest BCUT2D eigenvalue weighted by Gasteiger charge is 2.07. The number of hydrogen-bond acceptors (Lipinski definition) is 4. The van der Waals surface area contributed by atoms with Crippen molar-refractivity contribution in [1.29, 1.82) is 5.26 Å². The van der Waals surface area contributed by atoms with Gasteiger partial charge in [0, 0.05) is 0 Å². The minimum Gasteiger partial charge on any atom is -0.465 e. The first-order valence-electron chi connectivity index (χ1n) is 3.50. The van der Waals surface area contributed by atoms with Crippen LogP contribution in [0.3, 0.4) is 0 Å². The molecule has 0 radical (unpaired) electrons. The molecule has 0 aromatic carbocycles. The van der Waals surface area contributed by atoms with Crippen molar-refractivity contribution in [2.45, 2.75) is 0 Å². The highest BCUT2D eigenvalue weighted by molar-refractivity contribution is 7.08. The van der Waals surface area contributed by atoms with Crippen molar-refractivity contribution in [3.8, 4) is 6.07 Å². The summed E-state index contributed by atoms with van der Waals surface area (Å²) in [4.78, 5) is 11.0. The first-order valence-corrected chi connectivity index (χ1v) is 4.44. The van der Waals surface area contributed by atoms with Crippen molar-refractivity contribution in [2.24, 2.45) is 0 Å². The van der Waals surface area contributed by atoms with E-state index in [1.54, 1.807) is 6.07 Å². The molecule has 13 heavy (non-hydrogen) atoms. The molecule has 0 atom stereocenters. The predicted octanol–water partition coefficient (Wildman–Crippen LogP) is 1.83. The second-order valence-corrected chi connectivity index (χ2v) is 3.00. The second kappa shape index (κ2) is 4.43. The fraction of sp³-hybridized carbons (Fsp3) is 0.111. The standard InChI is InChI=1S/C9H7NO2S/c1-12-9(11)8(5-10)4-7-2-3-13-6-7/h2-4,6H,1H3/b8-4+. The molecule has 0 aliphatic heterocycles. The number of rotatable bonds is 2. The smallest absolute Gasteiger partial charge is 0.348 e. The molecule has 1 aromatic rings. The molecule has 0 bridgehead atoms. The van der Waals surface area contributed by atoms with Gasteiger partial charge >= 0.3 is 5.97 Å². The molecule has 0 spiro atoms. The summed E-state index contributed by atoms with van der Waals surface area (Å²) >= 11 is 1.51. The predicted molar refractivity (Wildman–Crippen MR) is 49.9 cm³/mol. The molecule has 0 saturated heterocycles. The summed E-state index contributed by atoms with van der Waals surface area (Å²) in [5.41, 5.74) is 0.854. The van der Waals surface area contributed by atoms with E-state index in [0.717, 1.165) is 5.56 Å². The minimum atomic E-state index is -0.603. The molecule has 66 valence electrons. The zero-order chi connectivity index (χ0) is 9.68. The van der Waals surface area contributed by atoms with Gasteiger partial charge in [0.1, 0.15) is 11.6 Å². The number of hydrogen-bond donors (Lipinski definition) is 0. The zero-order valence-corrected chi connectivity index (χ0v) is 7.80. The van der Waals surface area contributed by atoms with E-state index in [4.69, 9.17) is 5.26 Å². The maximum atomic E-state index is 11.0. The lowest BCUT2D eigenvalue weighted by Crippen LogP contribution is -2.02. The van der Waals surface area contributed by atoms with Crippen molar-refractivity contribution in [2.75, 3.05) is 7.11 Å². The van der Waals surface area contributed by atoms with E-state index in [1.807, 2.05) is 16.8 Å². The van der Waals surface area contributed by atoms with Crippen molar-refractivity contribution in [1.82, 2.24) is 0 Å². The summed E-state index contributed by atoms with van der Waals surface area (Å²) in [6.45, 7) is 0. The maximum absolute atomic E-state index is 11.0. The molecule has 4 heteroatoms. The van der Waals surface area contributed by atoms with E-state index in [0.29, 0.717) is 0 Å². The Morgan fingerprint density at radius 3 is 3.00 bits per heavy atom. The molecule has 0 aliphatic rings. The van der Waals surface area contributed by atoms with Crippen LogP contribution in [0.2, 0.25) is 0 Å². The third kappa shape index (κ3) is 2.42. The average molecular weight is 193 g/mol. The van der Waals surface area contributed by atoms with Gasteiger partial charge in [0.05, 0.1) is 7.11 Å². The van der Waals surface area contributed by atoms with Gasteiger partial charge in [-0.2, -0.15) is 16.6 Å². The third-order valence-electron chi connectivity index (χ3n) is 1.38. The topological polar surface area (TPSA) is 50.1 Å². The van der Waals surface area contributed by atoms with Gasteiger partial charge in [0.25, 0.3) is 0 Å². The Morgan fingerprint density at radius 2 is 2.54 bits per heavy atom. The maximum Gasteiger partial charge on any atom is 0.348 e. The second-order valence-electron chi connectivity index (χ2n) is 2.22. The molecular weight excluding hydrogens is 186 g/mol. The highest BCUT2D eigenvalue weighted by atomic mass is 32.1. The monoisotopic (exact) mass is 193 g/mol. The van der Waals surface area contributed by atoms with Crippen LogP contribution in [0.5, 0.6) is 0 Å². The van der Waals surface area contributed by atoms with Crippen LogP contribution in [-0.4, -0.2) is 13.1 Å². The van der Waals surface area contributed by atoms with E-state index in [-0.39, 0.29) is 5.57 Å². The Morgan fingerprint density at radius 1 is 1.77 bits per heavy atom. The fourth-order valence-corrected chi connectivity index (χ4v) is 1.39. The number of ether oxygens (including phenoxy) is 1. The molecule has 3 nitrogen and oxygen atoms in total. The summed E-state index contributed by atoms with van der Waals surface area (Å²) < 4.78 is 4.43. The molecule has 0 unspecified atom stereocenters. The van der Waals surface area contributed by atoms with Gasteiger partial charge in [0.2, 0.25) is 0 Å².